The second-order valence-corrected chi connectivity index (χ2v) is 9.43. The molecule has 0 unspecified atom stereocenters. The number of hydrogen-bond acceptors (Lipinski definition) is 6. The lowest BCUT2D eigenvalue weighted by atomic mass is 10.0. The molecule has 2 amide bonds. The predicted molar refractivity (Wildman–Crippen MR) is 145 cm³/mol. The van der Waals surface area contributed by atoms with E-state index in [1.807, 2.05) is 32.2 Å². The first-order valence-corrected chi connectivity index (χ1v) is 12.5. The molecule has 0 spiro atoms. The Hall–Kier alpha value is -3.63. The lowest BCUT2D eigenvalue weighted by molar-refractivity contribution is -0.141. The number of methoxy groups -OCH3 is 1. The Morgan fingerprint density at radius 1 is 1.24 bits per heavy atom. The van der Waals surface area contributed by atoms with Crippen LogP contribution in [-0.4, -0.2) is 63.6 Å². The van der Waals surface area contributed by atoms with Crippen molar-refractivity contribution < 1.29 is 29.3 Å². The van der Waals surface area contributed by atoms with Gasteiger partial charge in [0.25, 0.3) is 0 Å². The van der Waals surface area contributed by atoms with Crippen LogP contribution in [-0.2, 0) is 27.9 Å². The lowest BCUT2D eigenvalue weighted by Crippen LogP contribution is -2.48. The normalized spacial score (nSPS) is 14.7. The fraction of sp³-hybridized carbons (Fsp3) is 0.407. The maximum absolute atomic E-state index is 12.8. The molecule has 0 bridgehead atoms. The first-order chi connectivity index (χ1) is 18.0. The van der Waals surface area contributed by atoms with Crippen LogP contribution in [0.5, 0.6) is 5.75 Å². The van der Waals surface area contributed by atoms with E-state index in [9.17, 15) is 19.5 Å². The molecular formula is C27H35ClN4O6. The van der Waals surface area contributed by atoms with E-state index in [1.54, 1.807) is 35.2 Å². The van der Waals surface area contributed by atoms with Gasteiger partial charge in [-0.05, 0) is 42.3 Å². The quantitative estimate of drug-likeness (QED) is 0.267. The summed E-state index contributed by atoms with van der Waals surface area (Å²) in [5.74, 6) is -2.59. The van der Waals surface area contributed by atoms with Crippen molar-refractivity contribution in [1.82, 2.24) is 20.4 Å². The summed E-state index contributed by atoms with van der Waals surface area (Å²) >= 11 is 6.20. The molecule has 4 N–H and O–H groups in total. The Balaban J connectivity index is 2.01. The highest BCUT2D eigenvalue weighted by Crippen LogP contribution is 2.25. The van der Waals surface area contributed by atoms with E-state index < -0.39 is 35.8 Å². The van der Waals surface area contributed by atoms with Gasteiger partial charge in [0, 0.05) is 32.1 Å². The monoisotopic (exact) mass is 546 g/mol. The highest BCUT2D eigenvalue weighted by Gasteiger charge is 2.22. The van der Waals surface area contributed by atoms with Crippen LogP contribution in [0.2, 0.25) is 5.02 Å². The van der Waals surface area contributed by atoms with Crippen LogP contribution in [0.3, 0.4) is 0 Å². The minimum Gasteiger partial charge on any atom is -0.495 e. The Kier molecular flexibility index (Phi) is 12.0. The number of carboxylic acids is 1. The molecule has 4 atom stereocenters. The van der Waals surface area contributed by atoms with E-state index in [1.165, 1.54) is 20.1 Å². The molecule has 1 heterocycles. The van der Waals surface area contributed by atoms with Crippen molar-refractivity contribution in [3.05, 3.63) is 65.0 Å². The zero-order chi connectivity index (χ0) is 28.2. The summed E-state index contributed by atoms with van der Waals surface area (Å²) in [6.45, 7) is 3.25. The number of aryl methyl sites for hydroxylation is 1. The number of hydrogen-bond donors (Lipinski definition) is 4. The van der Waals surface area contributed by atoms with Crippen molar-refractivity contribution in [3.8, 4) is 5.75 Å². The molecule has 1 aromatic heterocycles. The second kappa shape index (κ2) is 14.9. The van der Waals surface area contributed by atoms with Gasteiger partial charge >= 0.3 is 5.97 Å². The molecule has 2 aromatic rings. The van der Waals surface area contributed by atoms with Gasteiger partial charge in [0.2, 0.25) is 11.8 Å². The fourth-order valence-corrected chi connectivity index (χ4v) is 3.70. The highest BCUT2D eigenvalue weighted by atomic mass is 35.5. The molecule has 10 nitrogen and oxygen atoms in total. The first-order valence-electron chi connectivity index (χ1n) is 12.2. The number of carbonyl (C=O) groups excluding carboxylic acids is 2. The number of ether oxygens (including phenoxy) is 1. The zero-order valence-corrected chi connectivity index (χ0v) is 22.7. The van der Waals surface area contributed by atoms with E-state index in [2.05, 4.69) is 15.7 Å². The van der Waals surface area contributed by atoms with Gasteiger partial charge in [-0.2, -0.15) is 5.10 Å². The van der Waals surface area contributed by atoms with Gasteiger partial charge in [0.15, 0.2) is 0 Å². The molecule has 1 aromatic carbocycles. The molecule has 0 saturated carbocycles. The van der Waals surface area contributed by atoms with Gasteiger partial charge < -0.3 is 25.6 Å². The van der Waals surface area contributed by atoms with Gasteiger partial charge in [-0.1, -0.05) is 43.7 Å². The molecule has 0 aliphatic carbocycles. The van der Waals surface area contributed by atoms with E-state index in [0.29, 0.717) is 16.3 Å². The summed E-state index contributed by atoms with van der Waals surface area (Å²) in [5.41, 5.74) is 1.58. The molecule has 38 heavy (non-hydrogen) atoms. The van der Waals surface area contributed by atoms with Crippen LogP contribution in [0.25, 0.3) is 6.08 Å². The van der Waals surface area contributed by atoms with Crippen LogP contribution in [0, 0.1) is 11.8 Å². The zero-order valence-electron chi connectivity index (χ0n) is 21.9. The largest absolute Gasteiger partial charge is 0.495 e. The summed E-state index contributed by atoms with van der Waals surface area (Å²) in [7, 11) is 3.31. The molecule has 0 aliphatic rings. The summed E-state index contributed by atoms with van der Waals surface area (Å²) < 4.78 is 6.87. The molecule has 0 aliphatic heterocycles. The van der Waals surface area contributed by atoms with Crippen molar-refractivity contribution in [2.75, 3.05) is 13.7 Å². The number of carboxylic acid groups (broad SMARTS) is 1. The predicted octanol–water partition coefficient (Wildman–Crippen LogP) is 2.60. The molecule has 0 saturated heterocycles. The van der Waals surface area contributed by atoms with Crippen molar-refractivity contribution in [1.29, 1.82) is 0 Å². The summed E-state index contributed by atoms with van der Waals surface area (Å²) in [6.07, 6.45) is 7.86. The summed E-state index contributed by atoms with van der Waals surface area (Å²) in [4.78, 5) is 36.5. The number of aliphatic hydroxyl groups excluding tert-OH is 1. The van der Waals surface area contributed by atoms with Gasteiger partial charge in [-0.15, -0.1) is 0 Å². The smallest absolute Gasteiger partial charge is 0.308 e. The van der Waals surface area contributed by atoms with Crippen LogP contribution in [0.4, 0.5) is 0 Å². The van der Waals surface area contributed by atoms with Crippen molar-refractivity contribution in [2.24, 2.45) is 18.9 Å². The van der Waals surface area contributed by atoms with Crippen molar-refractivity contribution in [2.45, 2.75) is 38.8 Å². The third-order valence-electron chi connectivity index (χ3n) is 5.98. The number of aliphatic carboxylic acids is 1. The topological polar surface area (TPSA) is 143 Å². The second-order valence-electron chi connectivity index (χ2n) is 9.02. The van der Waals surface area contributed by atoms with E-state index in [0.717, 1.165) is 5.69 Å². The van der Waals surface area contributed by atoms with Crippen LogP contribution >= 0.6 is 11.6 Å². The molecule has 11 heteroatoms. The van der Waals surface area contributed by atoms with Crippen LogP contribution < -0.4 is 15.4 Å². The van der Waals surface area contributed by atoms with Gasteiger partial charge in [0.05, 0.1) is 29.8 Å². The minimum absolute atomic E-state index is 0.0871. The Labute approximate surface area is 227 Å². The number of halogens is 1. The third kappa shape index (κ3) is 9.68. The molecule has 206 valence electrons. The van der Waals surface area contributed by atoms with Crippen molar-refractivity contribution in [3.63, 3.8) is 0 Å². The maximum Gasteiger partial charge on any atom is 0.308 e. The highest BCUT2D eigenvalue weighted by molar-refractivity contribution is 6.32. The molecular weight excluding hydrogens is 512 g/mol. The average Bonchev–Trinajstić information content (AvgIpc) is 3.29. The number of nitrogens with zero attached hydrogens (tertiary/aromatic N) is 2. The molecule has 0 radical (unpaired) electrons. The third-order valence-corrected chi connectivity index (χ3v) is 6.27. The number of rotatable bonds is 14. The fourth-order valence-electron chi connectivity index (χ4n) is 3.42. The van der Waals surface area contributed by atoms with Crippen molar-refractivity contribution >= 4 is 35.5 Å². The summed E-state index contributed by atoms with van der Waals surface area (Å²) in [5, 5.41) is 29.2. The minimum atomic E-state index is -1.04. The standard InChI is InChI=1S/C27H35ClN4O6/c1-17(8-10-20-12-13-30-32(20)3)23(33)6-5-7-25(34)31-22(26(35)29-16-18(2)27(36)37)15-19-9-11-24(38-4)21(28)14-19/h5,7-14,17-18,22-23,33H,6,15-16H2,1-4H3,(H,29,35)(H,31,34)(H,36,37)/b7-5+,10-8+/t17-,18-,22-,23+/m1/s1. The number of aliphatic hydroxyl groups is 1. The lowest BCUT2D eigenvalue weighted by Gasteiger charge is -2.19. The van der Waals surface area contributed by atoms with Gasteiger partial charge in [-0.3, -0.25) is 19.1 Å². The van der Waals surface area contributed by atoms with Gasteiger partial charge in [0.1, 0.15) is 11.8 Å². The molecule has 2 rings (SSSR count). The number of benzene rings is 1. The van der Waals surface area contributed by atoms with Gasteiger partial charge in [-0.25, -0.2) is 0 Å². The van der Waals surface area contributed by atoms with E-state index in [4.69, 9.17) is 21.4 Å². The number of aromatic nitrogens is 2. The number of amides is 2. The molecule has 0 fully saturated rings. The summed E-state index contributed by atoms with van der Waals surface area (Å²) in [6, 6.07) is 5.90. The number of carbonyl (C=O) groups is 3. The Bertz CT molecular complexity index is 1160. The SMILES string of the molecule is COc1ccc(C[C@@H](NC(=O)/C=C/C[C@H](O)[C@H](C)/C=C/c2ccnn2C)C(=O)NC[C@@H](C)C(=O)O)cc1Cl. The number of nitrogens with one attached hydrogen (secondary N) is 2. The average molecular weight is 547 g/mol. The first kappa shape index (κ1) is 30.6. The van der Waals surface area contributed by atoms with E-state index in [-0.39, 0.29) is 25.3 Å². The Morgan fingerprint density at radius 2 is 1.97 bits per heavy atom. The Morgan fingerprint density at radius 3 is 2.58 bits per heavy atom. The van der Waals surface area contributed by atoms with Crippen LogP contribution in [0.15, 0.2) is 48.7 Å². The van der Waals surface area contributed by atoms with E-state index >= 15 is 0 Å². The van der Waals surface area contributed by atoms with Crippen LogP contribution in [0.1, 0.15) is 31.5 Å². The maximum atomic E-state index is 12.8.